The number of nitrogens with zero attached hydrogens (tertiary/aromatic N) is 2. The van der Waals surface area contributed by atoms with Crippen molar-refractivity contribution in [1.82, 2.24) is 0 Å². The highest BCUT2D eigenvalue weighted by Crippen LogP contribution is 2.40. The van der Waals surface area contributed by atoms with Crippen molar-refractivity contribution in [2.75, 3.05) is 18.0 Å². The third kappa shape index (κ3) is 3.17. The van der Waals surface area contributed by atoms with E-state index in [9.17, 15) is 14.9 Å². The highest BCUT2D eigenvalue weighted by Gasteiger charge is 2.29. The lowest BCUT2D eigenvalue weighted by atomic mass is 9.85. The van der Waals surface area contributed by atoms with Crippen molar-refractivity contribution in [3.8, 4) is 0 Å². The number of rotatable bonds is 3. The van der Waals surface area contributed by atoms with Crippen molar-refractivity contribution < 1.29 is 9.72 Å². The number of hydrogen-bond acceptors (Lipinski definition) is 5. The zero-order valence-corrected chi connectivity index (χ0v) is 13.0. The van der Waals surface area contributed by atoms with Crippen molar-refractivity contribution >= 4 is 27.8 Å². The van der Waals surface area contributed by atoms with Gasteiger partial charge in [0, 0.05) is 19.2 Å². The van der Waals surface area contributed by atoms with Crippen LogP contribution in [0.25, 0.3) is 0 Å². The van der Waals surface area contributed by atoms with Crippen LogP contribution in [-0.2, 0) is 0 Å². The van der Waals surface area contributed by atoms with Gasteiger partial charge in [0.15, 0.2) is 10.8 Å². The monoisotopic (exact) mass is 296 g/mol. The Morgan fingerprint density at radius 1 is 1.40 bits per heavy atom. The van der Waals surface area contributed by atoms with E-state index in [1.165, 1.54) is 24.3 Å². The highest BCUT2D eigenvalue weighted by molar-refractivity contribution is 7.18. The largest absolute Gasteiger partial charge is 0.358 e. The van der Waals surface area contributed by atoms with E-state index in [1.807, 2.05) is 0 Å². The molecule has 1 saturated heterocycles. The standard InChI is InChI=1S/C14H20N2O3S/c1-10(17)12-9-11(16(18)19)13(20-12)15-7-4-5-14(2,3)6-8-15/h9H,4-8H2,1-3H3. The molecule has 0 aromatic carbocycles. The first-order valence-electron chi connectivity index (χ1n) is 6.84. The number of carbonyl (C=O) groups excluding carboxylic acids is 1. The number of hydrogen-bond donors (Lipinski definition) is 0. The van der Waals surface area contributed by atoms with E-state index in [0.717, 1.165) is 32.4 Å². The third-order valence-electron chi connectivity index (χ3n) is 3.86. The maximum Gasteiger partial charge on any atom is 0.304 e. The zero-order chi connectivity index (χ0) is 14.9. The molecule has 1 aromatic heterocycles. The Balaban J connectivity index is 2.31. The lowest BCUT2D eigenvalue weighted by molar-refractivity contribution is -0.383. The first kappa shape index (κ1) is 15.0. The normalized spacial score (nSPS) is 18.6. The molecular weight excluding hydrogens is 276 g/mol. The fourth-order valence-corrected chi connectivity index (χ4v) is 3.60. The fourth-order valence-electron chi connectivity index (χ4n) is 2.53. The van der Waals surface area contributed by atoms with Gasteiger partial charge in [-0.2, -0.15) is 0 Å². The Hall–Kier alpha value is -1.43. The molecule has 5 nitrogen and oxygen atoms in total. The molecule has 0 saturated carbocycles. The minimum Gasteiger partial charge on any atom is -0.358 e. The van der Waals surface area contributed by atoms with Crippen molar-refractivity contribution in [1.29, 1.82) is 0 Å². The summed E-state index contributed by atoms with van der Waals surface area (Å²) in [6.45, 7) is 7.55. The molecule has 0 radical (unpaired) electrons. The van der Waals surface area contributed by atoms with Crippen LogP contribution in [0.1, 0.15) is 49.7 Å². The first-order chi connectivity index (χ1) is 9.30. The van der Waals surface area contributed by atoms with E-state index in [4.69, 9.17) is 0 Å². The van der Waals surface area contributed by atoms with Crippen molar-refractivity contribution in [3.05, 3.63) is 21.1 Å². The summed E-state index contributed by atoms with van der Waals surface area (Å²) in [7, 11) is 0. The molecule has 1 aliphatic rings. The second-order valence-electron chi connectivity index (χ2n) is 6.12. The molecule has 0 unspecified atom stereocenters. The Morgan fingerprint density at radius 2 is 2.10 bits per heavy atom. The van der Waals surface area contributed by atoms with Crippen molar-refractivity contribution in [2.24, 2.45) is 5.41 Å². The second-order valence-corrected chi connectivity index (χ2v) is 7.15. The number of Topliss-reactive ketones (excluding diaryl/α,β-unsaturated/α-hetero) is 1. The van der Waals surface area contributed by atoms with Crippen LogP contribution in [0.5, 0.6) is 0 Å². The molecule has 20 heavy (non-hydrogen) atoms. The van der Waals surface area contributed by atoms with Crippen LogP contribution in [0, 0.1) is 15.5 Å². The van der Waals surface area contributed by atoms with Gasteiger partial charge in [-0.3, -0.25) is 14.9 Å². The molecule has 1 aromatic rings. The Morgan fingerprint density at radius 3 is 2.70 bits per heavy atom. The molecule has 0 spiro atoms. The maximum atomic E-state index is 11.5. The summed E-state index contributed by atoms with van der Waals surface area (Å²) in [4.78, 5) is 24.8. The first-order valence-corrected chi connectivity index (χ1v) is 7.66. The van der Waals surface area contributed by atoms with Crippen molar-refractivity contribution in [3.63, 3.8) is 0 Å². The summed E-state index contributed by atoms with van der Waals surface area (Å²) in [5.74, 6) is -0.112. The minimum atomic E-state index is -0.381. The lowest BCUT2D eigenvalue weighted by Gasteiger charge is -2.23. The van der Waals surface area contributed by atoms with Gasteiger partial charge in [-0.05, 0) is 31.6 Å². The summed E-state index contributed by atoms with van der Waals surface area (Å²) in [5.41, 5.74) is 0.351. The molecule has 0 bridgehead atoms. The SMILES string of the molecule is CC(=O)c1cc([N+](=O)[O-])c(N2CCCC(C)(C)CC2)s1. The molecule has 0 amide bonds. The quantitative estimate of drug-likeness (QED) is 0.482. The zero-order valence-electron chi connectivity index (χ0n) is 12.1. The molecule has 2 rings (SSSR count). The Labute approximate surface area is 122 Å². The van der Waals surface area contributed by atoms with E-state index in [0.29, 0.717) is 9.88 Å². The van der Waals surface area contributed by atoms with E-state index >= 15 is 0 Å². The lowest BCUT2D eigenvalue weighted by Crippen LogP contribution is -2.24. The van der Waals surface area contributed by atoms with Crippen LogP contribution in [0.4, 0.5) is 10.7 Å². The van der Waals surface area contributed by atoms with Gasteiger partial charge in [0.25, 0.3) is 0 Å². The van der Waals surface area contributed by atoms with Gasteiger partial charge in [-0.15, -0.1) is 11.3 Å². The summed E-state index contributed by atoms with van der Waals surface area (Å²) in [6.07, 6.45) is 3.16. The average molecular weight is 296 g/mol. The minimum absolute atomic E-state index is 0.0694. The second kappa shape index (κ2) is 5.52. The molecule has 0 N–H and O–H groups in total. The van der Waals surface area contributed by atoms with Crippen LogP contribution in [0.15, 0.2) is 6.07 Å². The van der Waals surface area contributed by atoms with Gasteiger partial charge >= 0.3 is 5.69 Å². The Bertz CT molecular complexity index is 537. The van der Waals surface area contributed by atoms with Crippen LogP contribution >= 0.6 is 11.3 Å². The van der Waals surface area contributed by atoms with Crippen LogP contribution in [-0.4, -0.2) is 23.8 Å². The maximum absolute atomic E-state index is 11.5. The number of anilines is 1. The predicted molar refractivity (Wildman–Crippen MR) is 80.8 cm³/mol. The predicted octanol–water partition coefficient (Wildman–Crippen LogP) is 3.88. The molecule has 0 aliphatic carbocycles. The van der Waals surface area contributed by atoms with E-state index in [2.05, 4.69) is 18.7 Å². The van der Waals surface area contributed by atoms with E-state index in [-0.39, 0.29) is 21.8 Å². The molecule has 1 aliphatic heterocycles. The summed E-state index contributed by atoms with van der Waals surface area (Å²) >= 11 is 1.25. The van der Waals surface area contributed by atoms with Gasteiger partial charge in [0.2, 0.25) is 0 Å². The number of nitro groups is 1. The smallest absolute Gasteiger partial charge is 0.304 e. The van der Waals surface area contributed by atoms with E-state index in [1.54, 1.807) is 0 Å². The average Bonchev–Trinajstić information content (AvgIpc) is 2.71. The highest BCUT2D eigenvalue weighted by atomic mass is 32.1. The van der Waals surface area contributed by atoms with Crippen molar-refractivity contribution in [2.45, 2.75) is 40.0 Å². The van der Waals surface area contributed by atoms with Gasteiger partial charge < -0.3 is 4.90 Å². The summed E-state index contributed by atoms with van der Waals surface area (Å²) in [5, 5.41) is 11.8. The third-order valence-corrected chi connectivity index (χ3v) is 5.15. The van der Waals surface area contributed by atoms with Crippen LogP contribution in [0.2, 0.25) is 0 Å². The van der Waals surface area contributed by atoms with Gasteiger partial charge in [-0.1, -0.05) is 13.8 Å². The number of thiophene rings is 1. The molecule has 0 atom stereocenters. The molecule has 2 heterocycles. The summed E-state index contributed by atoms with van der Waals surface area (Å²) in [6, 6.07) is 1.42. The van der Waals surface area contributed by atoms with Gasteiger partial charge in [0.05, 0.1) is 9.80 Å². The molecule has 6 heteroatoms. The van der Waals surface area contributed by atoms with Gasteiger partial charge in [-0.25, -0.2) is 0 Å². The number of ketones is 1. The van der Waals surface area contributed by atoms with E-state index < -0.39 is 0 Å². The molecule has 1 fully saturated rings. The van der Waals surface area contributed by atoms with Crippen LogP contribution < -0.4 is 4.90 Å². The fraction of sp³-hybridized carbons (Fsp3) is 0.643. The topological polar surface area (TPSA) is 63.4 Å². The molecular formula is C14H20N2O3S. The van der Waals surface area contributed by atoms with Crippen LogP contribution in [0.3, 0.4) is 0 Å². The summed E-state index contributed by atoms with van der Waals surface area (Å²) < 4.78 is 0. The molecule has 110 valence electrons. The van der Waals surface area contributed by atoms with Gasteiger partial charge in [0.1, 0.15) is 0 Å². The number of carbonyl (C=O) groups is 1. The Kier molecular flexibility index (Phi) is 4.13.